The van der Waals surface area contributed by atoms with Crippen molar-refractivity contribution in [2.45, 2.75) is 25.0 Å². The molecule has 0 atom stereocenters. The molecule has 0 spiro atoms. The van der Waals surface area contributed by atoms with Crippen LogP contribution in [0.4, 0.5) is 23.3 Å². The van der Waals surface area contributed by atoms with E-state index < -0.39 is 0 Å². The smallest absolute Gasteiger partial charge is 0.234 e. The summed E-state index contributed by atoms with van der Waals surface area (Å²) in [5.74, 6) is 1.81. The Bertz CT molecular complexity index is 1010. The average molecular weight is 407 g/mol. The van der Waals surface area contributed by atoms with E-state index in [0.717, 1.165) is 24.2 Å². The average Bonchev–Trinajstić information content (AvgIpc) is 3.16. The molecule has 0 radical (unpaired) electrons. The number of nitrogen functional groups attached to an aromatic ring is 1. The van der Waals surface area contributed by atoms with Crippen molar-refractivity contribution >= 4 is 40.9 Å². The number of anilines is 4. The van der Waals surface area contributed by atoms with Crippen LogP contribution >= 0.6 is 11.8 Å². The van der Waals surface area contributed by atoms with Gasteiger partial charge >= 0.3 is 0 Å². The standard InChI is InChI=1S/C21H22N6OS/c22-20-25-18(26-21(27-20)24-16-7-2-1-3-8-16)12-29-13-19(28)23-17-10-9-14-5-4-6-15(14)11-17/h1-3,7-11H,4-6,12-13H2,(H,23,28)(H3,22,24,25,26,27). The highest BCUT2D eigenvalue weighted by molar-refractivity contribution is 7.99. The fraction of sp³-hybridized carbons (Fsp3) is 0.238. The molecule has 0 saturated carbocycles. The number of carbonyl (C=O) groups excluding carboxylic acids is 1. The molecule has 148 valence electrons. The normalized spacial score (nSPS) is 12.4. The first-order valence-electron chi connectivity index (χ1n) is 9.47. The van der Waals surface area contributed by atoms with Crippen molar-refractivity contribution in [3.05, 3.63) is 65.5 Å². The van der Waals surface area contributed by atoms with Gasteiger partial charge in [0.25, 0.3) is 0 Å². The lowest BCUT2D eigenvalue weighted by atomic mass is 10.1. The molecule has 0 saturated heterocycles. The Balaban J connectivity index is 1.30. The van der Waals surface area contributed by atoms with E-state index >= 15 is 0 Å². The maximum Gasteiger partial charge on any atom is 0.234 e. The number of nitrogens with one attached hydrogen (secondary N) is 2. The molecule has 1 amide bonds. The van der Waals surface area contributed by atoms with E-state index in [1.807, 2.05) is 36.4 Å². The zero-order valence-electron chi connectivity index (χ0n) is 15.9. The summed E-state index contributed by atoms with van der Waals surface area (Å²) in [5.41, 5.74) is 10.3. The molecule has 1 aromatic heterocycles. The first-order valence-corrected chi connectivity index (χ1v) is 10.6. The van der Waals surface area contributed by atoms with Gasteiger partial charge in [0, 0.05) is 11.4 Å². The highest BCUT2D eigenvalue weighted by atomic mass is 32.2. The third-order valence-corrected chi connectivity index (χ3v) is 5.50. The summed E-state index contributed by atoms with van der Waals surface area (Å²) >= 11 is 1.43. The van der Waals surface area contributed by atoms with E-state index in [-0.39, 0.29) is 11.9 Å². The van der Waals surface area contributed by atoms with Crippen LogP contribution in [0.1, 0.15) is 23.4 Å². The van der Waals surface area contributed by atoms with Gasteiger partial charge in [-0.1, -0.05) is 24.3 Å². The van der Waals surface area contributed by atoms with Crippen molar-refractivity contribution in [2.24, 2.45) is 0 Å². The number of hydrogen-bond donors (Lipinski definition) is 3. The third kappa shape index (κ3) is 5.23. The topological polar surface area (TPSA) is 106 Å². The molecule has 0 bridgehead atoms. The van der Waals surface area contributed by atoms with Crippen molar-refractivity contribution < 1.29 is 4.79 Å². The van der Waals surface area contributed by atoms with Crippen molar-refractivity contribution in [3.63, 3.8) is 0 Å². The second kappa shape index (κ2) is 8.91. The number of fused-ring (bicyclic) bond motifs is 1. The number of nitrogens with zero attached hydrogens (tertiary/aromatic N) is 3. The summed E-state index contributed by atoms with van der Waals surface area (Å²) in [5, 5.41) is 6.07. The Kier molecular flexibility index (Phi) is 5.90. The van der Waals surface area contributed by atoms with Gasteiger partial charge in [-0.25, -0.2) is 0 Å². The number of amides is 1. The summed E-state index contributed by atoms with van der Waals surface area (Å²) in [6.07, 6.45) is 3.42. The number of rotatable bonds is 7. The van der Waals surface area contributed by atoms with Gasteiger partial charge in [-0.3, -0.25) is 4.79 Å². The molecule has 3 aromatic rings. The molecule has 0 fully saturated rings. The van der Waals surface area contributed by atoms with Crippen LogP contribution in [0.3, 0.4) is 0 Å². The number of para-hydroxylation sites is 1. The van der Waals surface area contributed by atoms with Crippen LogP contribution in [0.25, 0.3) is 0 Å². The minimum Gasteiger partial charge on any atom is -0.368 e. The minimum atomic E-state index is -0.0439. The number of benzene rings is 2. The maximum atomic E-state index is 12.3. The molecule has 1 aliphatic rings. The second-order valence-electron chi connectivity index (χ2n) is 6.80. The van der Waals surface area contributed by atoms with E-state index in [9.17, 15) is 4.79 Å². The Morgan fingerprint density at radius 3 is 2.69 bits per heavy atom. The van der Waals surface area contributed by atoms with Crippen molar-refractivity contribution in [1.82, 2.24) is 15.0 Å². The van der Waals surface area contributed by atoms with E-state index in [2.05, 4.69) is 37.7 Å². The number of hydrogen-bond acceptors (Lipinski definition) is 7. The summed E-state index contributed by atoms with van der Waals surface area (Å²) < 4.78 is 0. The lowest BCUT2D eigenvalue weighted by molar-refractivity contribution is -0.113. The third-order valence-electron chi connectivity index (χ3n) is 4.58. The minimum absolute atomic E-state index is 0.0439. The van der Waals surface area contributed by atoms with E-state index in [4.69, 9.17) is 5.73 Å². The zero-order valence-corrected chi connectivity index (χ0v) is 16.7. The van der Waals surface area contributed by atoms with Crippen LogP contribution in [0.5, 0.6) is 0 Å². The Morgan fingerprint density at radius 1 is 1.00 bits per heavy atom. The predicted molar refractivity (Wildman–Crippen MR) is 117 cm³/mol. The predicted octanol–water partition coefficient (Wildman–Crippen LogP) is 3.56. The van der Waals surface area contributed by atoms with Crippen LogP contribution in [-0.4, -0.2) is 26.6 Å². The van der Waals surface area contributed by atoms with Crippen LogP contribution in [0, 0.1) is 0 Å². The molecular formula is C21H22N6OS. The molecule has 2 aromatic carbocycles. The second-order valence-corrected chi connectivity index (χ2v) is 7.79. The fourth-order valence-electron chi connectivity index (χ4n) is 3.29. The molecule has 29 heavy (non-hydrogen) atoms. The number of nitrogens with two attached hydrogens (primary N) is 1. The summed E-state index contributed by atoms with van der Waals surface area (Å²) in [4.78, 5) is 24.9. The van der Waals surface area contributed by atoms with Crippen LogP contribution in [-0.2, 0) is 23.4 Å². The molecular weight excluding hydrogens is 384 g/mol. The first kappa shape index (κ1) is 19.2. The summed E-state index contributed by atoms with van der Waals surface area (Å²) in [6.45, 7) is 0. The number of aryl methyl sites for hydroxylation is 2. The maximum absolute atomic E-state index is 12.3. The number of thioether (sulfide) groups is 1. The fourth-order valence-corrected chi connectivity index (χ4v) is 3.96. The van der Waals surface area contributed by atoms with Crippen LogP contribution in [0.15, 0.2) is 48.5 Å². The largest absolute Gasteiger partial charge is 0.368 e. The molecule has 0 unspecified atom stereocenters. The first-order chi connectivity index (χ1) is 14.2. The molecule has 8 heteroatoms. The highest BCUT2D eigenvalue weighted by Gasteiger charge is 2.12. The van der Waals surface area contributed by atoms with Gasteiger partial charge in [-0.2, -0.15) is 15.0 Å². The van der Waals surface area contributed by atoms with Gasteiger partial charge in [-0.15, -0.1) is 11.8 Å². The van der Waals surface area contributed by atoms with Gasteiger partial charge < -0.3 is 16.4 Å². The Hall–Kier alpha value is -3.13. The molecule has 4 N–H and O–H groups in total. The molecule has 0 aliphatic heterocycles. The van der Waals surface area contributed by atoms with Gasteiger partial charge in [-0.05, 0) is 54.7 Å². The Morgan fingerprint density at radius 2 is 1.83 bits per heavy atom. The monoisotopic (exact) mass is 406 g/mol. The van der Waals surface area contributed by atoms with Crippen LogP contribution in [0.2, 0.25) is 0 Å². The van der Waals surface area contributed by atoms with Gasteiger partial charge in [0.15, 0.2) is 0 Å². The summed E-state index contributed by atoms with van der Waals surface area (Å²) in [7, 11) is 0. The van der Waals surface area contributed by atoms with Crippen LogP contribution < -0.4 is 16.4 Å². The Labute approximate surface area is 173 Å². The van der Waals surface area contributed by atoms with Crippen molar-refractivity contribution in [2.75, 3.05) is 22.1 Å². The van der Waals surface area contributed by atoms with Crippen molar-refractivity contribution in [3.8, 4) is 0 Å². The summed E-state index contributed by atoms with van der Waals surface area (Å²) in [6, 6.07) is 15.8. The van der Waals surface area contributed by atoms with Gasteiger partial charge in [0.1, 0.15) is 5.82 Å². The van der Waals surface area contributed by atoms with Gasteiger partial charge in [0.05, 0.1) is 11.5 Å². The molecule has 4 rings (SSSR count). The SMILES string of the molecule is Nc1nc(CSCC(=O)Nc2ccc3c(c2)CCC3)nc(Nc2ccccc2)n1. The number of carbonyl (C=O) groups is 1. The van der Waals surface area contributed by atoms with Crippen molar-refractivity contribution in [1.29, 1.82) is 0 Å². The lowest BCUT2D eigenvalue weighted by Gasteiger charge is -2.08. The van der Waals surface area contributed by atoms with E-state index in [1.165, 1.54) is 29.3 Å². The highest BCUT2D eigenvalue weighted by Crippen LogP contribution is 2.25. The zero-order chi connectivity index (χ0) is 20.1. The molecule has 1 aliphatic carbocycles. The number of aromatic nitrogens is 3. The molecule has 7 nitrogen and oxygen atoms in total. The quantitative estimate of drug-likeness (QED) is 0.551. The van der Waals surface area contributed by atoms with E-state index in [0.29, 0.717) is 23.3 Å². The molecule has 1 heterocycles. The van der Waals surface area contributed by atoms with E-state index in [1.54, 1.807) is 0 Å². The lowest BCUT2D eigenvalue weighted by Crippen LogP contribution is -2.14. The van der Waals surface area contributed by atoms with Gasteiger partial charge in [0.2, 0.25) is 17.8 Å².